The highest BCUT2D eigenvalue weighted by atomic mass is 16.6. The quantitative estimate of drug-likeness (QED) is 0.448. The number of benzene rings is 1. The summed E-state index contributed by atoms with van der Waals surface area (Å²) in [4.78, 5) is 21.7. The predicted molar refractivity (Wildman–Crippen MR) is 75.2 cm³/mol. The van der Waals surface area contributed by atoms with E-state index in [0.717, 1.165) is 37.7 Å². The summed E-state index contributed by atoms with van der Waals surface area (Å²) in [6, 6.07) is 6.58. The first-order chi connectivity index (χ1) is 9.51. The molecule has 1 aliphatic rings. The molecular formula is C14H19N3O3. The van der Waals surface area contributed by atoms with Crippen molar-refractivity contribution in [2.75, 3.05) is 6.54 Å². The Morgan fingerprint density at radius 1 is 1.30 bits per heavy atom. The SMILES string of the molecule is NC1(C(=O)NCCCCc2ccc([N+](=O)[O-])cc2)CC1. The van der Waals surface area contributed by atoms with E-state index in [1.54, 1.807) is 12.1 Å². The molecule has 0 unspecified atom stereocenters. The van der Waals surface area contributed by atoms with Crippen LogP contribution >= 0.6 is 0 Å². The van der Waals surface area contributed by atoms with Crippen molar-refractivity contribution in [2.24, 2.45) is 5.73 Å². The second-order valence-corrected chi connectivity index (χ2v) is 5.29. The van der Waals surface area contributed by atoms with E-state index in [4.69, 9.17) is 5.73 Å². The lowest BCUT2D eigenvalue weighted by atomic mass is 10.1. The number of aryl methyl sites for hydroxylation is 1. The summed E-state index contributed by atoms with van der Waals surface area (Å²) in [7, 11) is 0. The van der Waals surface area contributed by atoms with Crippen molar-refractivity contribution in [1.82, 2.24) is 5.32 Å². The highest BCUT2D eigenvalue weighted by molar-refractivity contribution is 5.88. The topological polar surface area (TPSA) is 98.3 Å². The van der Waals surface area contributed by atoms with Crippen LogP contribution in [0.4, 0.5) is 5.69 Å². The van der Waals surface area contributed by atoms with Crippen LogP contribution in [-0.2, 0) is 11.2 Å². The first-order valence-corrected chi connectivity index (χ1v) is 6.82. The number of hydrogen-bond acceptors (Lipinski definition) is 4. The first-order valence-electron chi connectivity index (χ1n) is 6.82. The Morgan fingerprint density at radius 3 is 2.50 bits per heavy atom. The lowest BCUT2D eigenvalue weighted by Gasteiger charge is -2.09. The zero-order chi connectivity index (χ0) is 14.6. The summed E-state index contributed by atoms with van der Waals surface area (Å²) in [6.07, 6.45) is 4.21. The van der Waals surface area contributed by atoms with Gasteiger partial charge in [-0.15, -0.1) is 0 Å². The molecule has 1 saturated carbocycles. The molecule has 20 heavy (non-hydrogen) atoms. The van der Waals surface area contributed by atoms with Crippen molar-refractivity contribution >= 4 is 11.6 Å². The number of hydrogen-bond donors (Lipinski definition) is 2. The van der Waals surface area contributed by atoms with Gasteiger partial charge in [0.15, 0.2) is 0 Å². The van der Waals surface area contributed by atoms with Gasteiger partial charge in [-0.05, 0) is 37.7 Å². The number of nitrogens with zero attached hydrogens (tertiary/aromatic N) is 1. The summed E-state index contributed by atoms with van der Waals surface area (Å²) >= 11 is 0. The number of carbonyl (C=O) groups is 1. The summed E-state index contributed by atoms with van der Waals surface area (Å²) in [5, 5.41) is 13.4. The average Bonchev–Trinajstić information content (AvgIpc) is 3.18. The van der Waals surface area contributed by atoms with Gasteiger partial charge >= 0.3 is 0 Å². The minimum Gasteiger partial charge on any atom is -0.355 e. The van der Waals surface area contributed by atoms with Crippen molar-refractivity contribution in [3.63, 3.8) is 0 Å². The van der Waals surface area contributed by atoms with Gasteiger partial charge in [0.1, 0.15) is 0 Å². The van der Waals surface area contributed by atoms with Crippen molar-refractivity contribution in [2.45, 2.75) is 37.6 Å². The maximum absolute atomic E-state index is 11.6. The van der Waals surface area contributed by atoms with Crippen LogP contribution in [0.15, 0.2) is 24.3 Å². The average molecular weight is 277 g/mol. The number of non-ortho nitro benzene ring substituents is 1. The number of amides is 1. The maximum Gasteiger partial charge on any atom is 0.269 e. The minimum atomic E-state index is -0.599. The van der Waals surface area contributed by atoms with Crippen LogP contribution in [0.1, 0.15) is 31.2 Å². The maximum atomic E-state index is 11.6. The Balaban J connectivity index is 1.63. The lowest BCUT2D eigenvalue weighted by Crippen LogP contribution is -2.43. The van der Waals surface area contributed by atoms with Gasteiger partial charge in [-0.2, -0.15) is 0 Å². The van der Waals surface area contributed by atoms with Gasteiger partial charge < -0.3 is 11.1 Å². The van der Waals surface area contributed by atoms with Crippen LogP contribution < -0.4 is 11.1 Å². The normalized spacial score (nSPS) is 15.7. The van der Waals surface area contributed by atoms with Crippen LogP contribution in [0.2, 0.25) is 0 Å². The molecule has 0 atom stereocenters. The molecule has 1 aliphatic carbocycles. The Morgan fingerprint density at radius 2 is 1.95 bits per heavy atom. The third-order valence-corrected chi connectivity index (χ3v) is 3.57. The van der Waals surface area contributed by atoms with Crippen LogP contribution in [-0.4, -0.2) is 22.9 Å². The standard InChI is InChI=1S/C14H19N3O3/c15-14(8-9-14)13(18)16-10-2-1-3-11-4-6-12(7-5-11)17(19)20/h4-7H,1-3,8-10,15H2,(H,16,18). The van der Waals surface area contributed by atoms with Crippen molar-refractivity contribution in [3.8, 4) is 0 Å². The van der Waals surface area contributed by atoms with E-state index >= 15 is 0 Å². The molecule has 1 amide bonds. The molecule has 2 rings (SSSR count). The Labute approximate surface area is 117 Å². The van der Waals surface area contributed by atoms with Crippen LogP contribution in [0.5, 0.6) is 0 Å². The largest absolute Gasteiger partial charge is 0.355 e. The predicted octanol–water partition coefficient (Wildman–Crippen LogP) is 1.52. The zero-order valence-corrected chi connectivity index (χ0v) is 11.3. The molecule has 108 valence electrons. The summed E-state index contributed by atoms with van der Waals surface area (Å²) in [6.45, 7) is 0.630. The van der Waals surface area contributed by atoms with E-state index in [-0.39, 0.29) is 11.6 Å². The molecule has 3 N–H and O–H groups in total. The van der Waals surface area contributed by atoms with E-state index in [2.05, 4.69) is 5.32 Å². The fourth-order valence-electron chi connectivity index (χ4n) is 1.98. The molecule has 0 aromatic heterocycles. The number of nitro groups is 1. The van der Waals surface area contributed by atoms with Gasteiger partial charge in [0.25, 0.3) is 5.69 Å². The molecule has 1 fully saturated rings. The molecule has 0 aliphatic heterocycles. The number of nitrogens with one attached hydrogen (secondary N) is 1. The number of carbonyl (C=O) groups excluding carboxylic acids is 1. The Bertz CT molecular complexity index is 495. The molecular weight excluding hydrogens is 258 g/mol. The van der Waals surface area contributed by atoms with Crippen LogP contribution in [0.3, 0.4) is 0 Å². The monoisotopic (exact) mass is 277 g/mol. The van der Waals surface area contributed by atoms with E-state index in [1.807, 2.05) is 0 Å². The first kappa shape index (κ1) is 14.5. The smallest absolute Gasteiger partial charge is 0.269 e. The van der Waals surface area contributed by atoms with E-state index in [9.17, 15) is 14.9 Å². The third kappa shape index (κ3) is 3.77. The molecule has 0 radical (unpaired) electrons. The van der Waals surface area contributed by atoms with Gasteiger partial charge in [0.2, 0.25) is 5.91 Å². The van der Waals surface area contributed by atoms with Crippen LogP contribution in [0.25, 0.3) is 0 Å². The van der Waals surface area contributed by atoms with Gasteiger partial charge in [0.05, 0.1) is 10.5 Å². The molecule has 1 aromatic carbocycles. The molecule has 1 aromatic rings. The van der Waals surface area contributed by atoms with Gasteiger partial charge in [-0.25, -0.2) is 0 Å². The Kier molecular flexibility index (Phi) is 4.34. The molecule has 0 saturated heterocycles. The highest BCUT2D eigenvalue weighted by Crippen LogP contribution is 2.31. The highest BCUT2D eigenvalue weighted by Gasteiger charge is 2.45. The van der Waals surface area contributed by atoms with E-state index in [1.165, 1.54) is 12.1 Å². The summed E-state index contributed by atoms with van der Waals surface area (Å²) in [5.74, 6) is -0.0483. The number of nitro benzene ring substituents is 1. The van der Waals surface area contributed by atoms with E-state index < -0.39 is 10.5 Å². The number of rotatable bonds is 7. The van der Waals surface area contributed by atoms with Crippen molar-refractivity contribution in [3.05, 3.63) is 39.9 Å². The van der Waals surface area contributed by atoms with Gasteiger partial charge in [0, 0.05) is 18.7 Å². The molecule has 6 heteroatoms. The van der Waals surface area contributed by atoms with E-state index in [0.29, 0.717) is 6.54 Å². The fraction of sp³-hybridized carbons (Fsp3) is 0.500. The lowest BCUT2D eigenvalue weighted by molar-refractivity contribution is -0.384. The molecule has 0 bridgehead atoms. The van der Waals surface area contributed by atoms with Crippen molar-refractivity contribution in [1.29, 1.82) is 0 Å². The third-order valence-electron chi connectivity index (χ3n) is 3.57. The minimum absolute atomic E-state index is 0.0483. The summed E-state index contributed by atoms with van der Waals surface area (Å²) in [5.41, 5.74) is 6.35. The number of nitrogens with two attached hydrogens (primary N) is 1. The fourth-order valence-corrected chi connectivity index (χ4v) is 1.98. The molecule has 0 heterocycles. The molecule has 6 nitrogen and oxygen atoms in total. The van der Waals surface area contributed by atoms with Crippen LogP contribution in [0, 0.1) is 10.1 Å². The summed E-state index contributed by atoms with van der Waals surface area (Å²) < 4.78 is 0. The molecule has 0 spiro atoms. The Hall–Kier alpha value is -1.95. The van der Waals surface area contributed by atoms with Crippen molar-refractivity contribution < 1.29 is 9.72 Å². The van der Waals surface area contributed by atoms with Gasteiger partial charge in [-0.3, -0.25) is 14.9 Å². The number of unbranched alkanes of at least 4 members (excludes halogenated alkanes) is 1. The zero-order valence-electron chi connectivity index (χ0n) is 11.3. The second kappa shape index (κ2) is 6.00. The van der Waals surface area contributed by atoms with Gasteiger partial charge in [-0.1, -0.05) is 12.1 Å². The second-order valence-electron chi connectivity index (χ2n) is 5.29.